The third-order valence-corrected chi connectivity index (χ3v) is 2.21. The average molecular weight is 198 g/mol. The highest BCUT2D eigenvalue weighted by molar-refractivity contribution is 6.29. The maximum absolute atomic E-state index is 9.53. The molecule has 4 heteroatoms. The fourth-order valence-corrected chi connectivity index (χ4v) is 1.46. The summed E-state index contributed by atoms with van der Waals surface area (Å²) in [5, 5.41) is 19.1. The summed E-state index contributed by atoms with van der Waals surface area (Å²) in [7, 11) is 0. The number of hydrogen-bond acceptors (Lipinski definition) is 3. The normalized spacial score (nSPS) is 25.8. The zero-order chi connectivity index (χ0) is 9.42. The van der Waals surface area contributed by atoms with Crippen molar-refractivity contribution in [3.05, 3.63) is 34.6 Å². The molecule has 2 rings (SSSR count). The van der Waals surface area contributed by atoms with Gasteiger partial charge in [0.25, 0.3) is 0 Å². The highest BCUT2D eigenvalue weighted by atomic mass is 35.5. The number of aromatic nitrogens is 1. The average Bonchev–Trinajstić information content (AvgIpc) is 2.12. The van der Waals surface area contributed by atoms with Crippen LogP contribution in [0.4, 0.5) is 0 Å². The van der Waals surface area contributed by atoms with Gasteiger partial charge in [-0.3, -0.25) is 0 Å². The fraction of sp³-hybridized carbons (Fsp3) is 0.222. The van der Waals surface area contributed by atoms with Crippen LogP contribution in [0.25, 0.3) is 6.08 Å². The van der Waals surface area contributed by atoms with Gasteiger partial charge in [-0.25, -0.2) is 4.98 Å². The molecule has 1 aliphatic rings. The monoisotopic (exact) mass is 197 g/mol. The van der Waals surface area contributed by atoms with Crippen molar-refractivity contribution in [1.29, 1.82) is 0 Å². The highest BCUT2D eigenvalue weighted by Crippen LogP contribution is 2.27. The van der Waals surface area contributed by atoms with Crippen molar-refractivity contribution in [2.45, 2.75) is 12.2 Å². The molecule has 1 heterocycles. The summed E-state index contributed by atoms with van der Waals surface area (Å²) in [6, 6.07) is 3.41. The number of hydrogen-bond donors (Lipinski definition) is 2. The zero-order valence-electron chi connectivity index (χ0n) is 6.68. The Morgan fingerprint density at radius 3 is 2.85 bits per heavy atom. The third-order valence-electron chi connectivity index (χ3n) is 2.00. The minimum atomic E-state index is -0.973. The summed E-state index contributed by atoms with van der Waals surface area (Å²) in [4.78, 5) is 3.95. The summed E-state index contributed by atoms with van der Waals surface area (Å²) in [5.41, 5.74) is 1.23. The molecule has 1 aliphatic carbocycles. The second-order valence-electron chi connectivity index (χ2n) is 2.90. The summed E-state index contributed by atoms with van der Waals surface area (Å²) >= 11 is 5.66. The summed E-state index contributed by atoms with van der Waals surface area (Å²) < 4.78 is 0. The molecule has 0 bridgehead atoms. The Balaban J connectivity index is 2.54. The first kappa shape index (κ1) is 8.69. The molecular formula is C9H8ClNO2. The van der Waals surface area contributed by atoms with Crippen molar-refractivity contribution in [3.63, 3.8) is 0 Å². The minimum Gasteiger partial charge on any atom is -0.386 e. The molecule has 2 N–H and O–H groups in total. The van der Waals surface area contributed by atoms with E-state index in [2.05, 4.69) is 4.98 Å². The van der Waals surface area contributed by atoms with E-state index in [1.54, 1.807) is 18.2 Å². The van der Waals surface area contributed by atoms with Gasteiger partial charge in [-0.1, -0.05) is 29.8 Å². The number of rotatable bonds is 0. The summed E-state index contributed by atoms with van der Waals surface area (Å²) in [6.07, 6.45) is 1.38. The fourth-order valence-electron chi connectivity index (χ4n) is 1.31. The van der Waals surface area contributed by atoms with Crippen LogP contribution in [0, 0.1) is 0 Å². The number of aliphatic hydroxyl groups is 2. The van der Waals surface area contributed by atoms with Crippen LogP contribution >= 0.6 is 11.6 Å². The lowest BCUT2D eigenvalue weighted by molar-refractivity contribution is 0.0440. The first-order valence-corrected chi connectivity index (χ1v) is 4.27. The molecule has 13 heavy (non-hydrogen) atoms. The number of halogens is 1. The lowest BCUT2D eigenvalue weighted by Gasteiger charge is -2.20. The quantitative estimate of drug-likeness (QED) is 0.614. The summed E-state index contributed by atoms with van der Waals surface area (Å²) in [5.74, 6) is 0. The molecule has 0 unspecified atom stereocenters. The molecule has 0 aliphatic heterocycles. The van der Waals surface area contributed by atoms with Crippen LogP contribution in [0.2, 0.25) is 5.15 Å². The van der Waals surface area contributed by atoms with Crippen LogP contribution in [0.3, 0.4) is 0 Å². The number of nitrogens with zero attached hydrogens (tertiary/aromatic N) is 1. The molecule has 68 valence electrons. The van der Waals surface area contributed by atoms with E-state index in [0.717, 1.165) is 5.56 Å². The maximum atomic E-state index is 9.53. The first-order valence-electron chi connectivity index (χ1n) is 3.89. The first-order chi connectivity index (χ1) is 6.18. The Morgan fingerprint density at radius 2 is 2.08 bits per heavy atom. The highest BCUT2D eigenvalue weighted by Gasteiger charge is 2.23. The molecule has 0 saturated heterocycles. The van der Waals surface area contributed by atoms with E-state index < -0.39 is 12.2 Å². The molecule has 0 spiro atoms. The van der Waals surface area contributed by atoms with Gasteiger partial charge in [0, 0.05) is 0 Å². The Hall–Kier alpha value is -0.900. The van der Waals surface area contributed by atoms with Crippen LogP contribution in [-0.2, 0) is 0 Å². The van der Waals surface area contributed by atoms with Crippen LogP contribution in [0.1, 0.15) is 17.4 Å². The number of aliphatic hydroxyl groups excluding tert-OH is 2. The van der Waals surface area contributed by atoms with Gasteiger partial charge in [0.05, 0.1) is 5.69 Å². The SMILES string of the molecule is O[C@H]1C=Cc2ccc(Cl)nc2[C@@H]1O. The predicted molar refractivity (Wildman–Crippen MR) is 49.2 cm³/mol. The molecule has 0 amide bonds. The van der Waals surface area contributed by atoms with Gasteiger partial charge in [0.1, 0.15) is 17.4 Å². The van der Waals surface area contributed by atoms with Crippen LogP contribution in [0.5, 0.6) is 0 Å². The van der Waals surface area contributed by atoms with Crippen LogP contribution in [-0.4, -0.2) is 21.3 Å². The smallest absolute Gasteiger partial charge is 0.129 e. The molecule has 0 aromatic carbocycles. The van der Waals surface area contributed by atoms with Crippen molar-refractivity contribution >= 4 is 17.7 Å². The largest absolute Gasteiger partial charge is 0.386 e. The van der Waals surface area contributed by atoms with E-state index in [1.807, 2.05) is 0 Å². The van der Waals surface area contributed by atoms with Gasteiger partial charge >= 0.3 is 0 Å². The van der Waals surface area contributed by atoms with Gasteiger partial charge in [-0.05, 0) is 11.6 Å². The standard InChI is InChI=1S/C9H8ClNO2/c10-7-4-2-5-1-3-6(12)9(13)8(5)11-7/h1-4,6,9,12-13H/t6-,9+/m0/s1. The summed E-state index contributed by atoms with van der Waals surface area (Å²) in [6.45, 7) is 0. The number of pyridine rings is 1. The molecule has 0 saturated carbocycles. The minimum absolute atomic E-state index is 0.320. The Kier molecular flexibility index (Phi) is 2.07. The van der Waals surface area contributed by atoms with Crippen molar-refractivity contribution in [2.24, 2.45) is 0 Å². The Bertz CT molecular complexity index is 365. The lowest BCUT2D eigenvalue weighted by Crippen LogP contribution is -2.20. The van der Waals surface area contributed by atoms with Gasteiger partial charge < -0.3 is 10.2 Å². The van der Waals surface area contributed by atoms with Crippen molar-refractivity contribution in [3.8, 4) is 0 Å². The Labute approximate surface area is 80.3 Å². The molecule has 0 radical (unpaired) electrons. The van der Waals surface area contributed by atoms with E-state index in [4.69, 9.17) is 11.6 Å². The lowest BCUT2D eigenvalue weighted by atomic mass is 9.98. The topological polar surface area (TPSA) is 53.4 Å². The zero-order valence-corrected chi connectivity index (χ0v) is 7.44. The number of fused-ring (bicyclic) bond motifs is 1. The van der Waals surface area contributed by atoms with E-state index >= 15 is 0 Å². The molecule has 0 fully saturated rings. The Morgan fingerprint density at radius 1 is 1.31 bits per heavy atom. The molecule has 1 aromatic heterocycles. The van der Waals surface area contributed by atoms with Gasteiger partial charge in [-0.15, -0.1) is 0 Å². The van der Waals surface area contributed by atoms with E-state index in [9.17, 15) is 10.2 Å². The molecule has 1 aromatic rings. The second-order valence-corrected chi connectivity index (χ2v) is 3.29. The van der Waals surface area contributed by atoms with Gasteiger partial charge in [-0.2, -0.15) is 0 Å². The van der Waals surface area contributed by atoms with Gasteiger partial charge in [0.2, 0.25) is 0 Å². The second kappa shape index (κ2) is 3.10. The molecule has 3 nitrogen and oxygen atoms in total. The predicted octanol–water partition coefficient (Wildman–Crippen LogP) is 1.16. The van der Waals surface area contributed by atoms with Crippen LogP contribution in [0.15, 0.2) is 18.2 Å². The van der Waals surface area contributed by atoms with E-state index in [-0.39, 0.29) is 0 Å². The van der Waals surface area contributed by atoms with Crippen molar-refractivity contribution < 1.29 is 10.2 Å². The molecule has 2 atom stereocenters. The van der Waals surface area contributed by atoms with E-state index in [1.165, 1.54) is 6.08 Å². The van der Waals surface area contributed by atoms with Crippen molar-refractivity contribution in [2.75, 3.05) is 0 Å². The molecular weight excluding hydrogens is 190 g/mol. The van der Waals surface area contributed by atoms with Crippen molar-refractivity contribution in [1.82, 2.24) is 4.98 Å². The van der Waals surface area contributed by atoms with E-state index in [0.29, 0.717) is 10.8 Å². The van der Waals surface area contributed by atoms with Crippen LogP contribution < -0.4 is 0 Å². The third kappa shape index (κ3) is 1.46. The maximum Gasteiger partial charge on any atom is 0.129 e. The van der Waals surface area contributed by atoms with Gasteiger partial charge in [0.15, 0.2) is 0 Å².